The summed E-state index contributed by atoms with van der Waals surface area (Å²) in [6.45, 7) is 2.30. The molecule has 0 radical (unpaired) electrons. The minimum Gasteiger partial charge on any atom is -0.493 e. The van der Waals surface area contributed by atoms with Crippen LogP contribution in [0.1, 0.15) is 21.5 Å². The summed E-state index contributed by atoms with van der Waals surface area (Å²) >= 11 is 0. The van der Waals surface area contributed by atoms with Crippen molar-refractivity contribution in [3.8, 4) is 5.75 Å². The number of aryl methyl sites for hydroxylation is 1. The average molecular weight is 271 g/mol. The minimum absolute atomic E-state index is 0.0572. The van der Waals surface area contributed by atoms with Crippen LogP contribution in [0.25, 0.3) is 0 Å². The molecule has 0 spiro atoms. The smallest absolute Gasteiger partial charge is 0.258 e. The van der Waals surface area contributed by atoms with Crippen LogP contribution in [-0.4, -0.2) is 12.5 Å². The first-order valence-electron chi connectivity index (χ1n) is 6.47. The van der Waals surface area contributed by atoms with Gasteiger partial charge < -0.3 is 10.1 Å². The Labute approximate surface area is 116 Å². The van der Waals surface area contributed by atoms with Gasteiger partial charge in [-0.2, -0.15) is 0 Å². The summed E-state index contributed by atoms with van der Waals surface area (Å²) in [5.74, 6) is -0.0655. The number of hydrogen-bond donors (Lipinski definition) is 1. The largest absolute Gasteiger partial charge is 0.493 e. The van der Waals surface area contributed by atoms with Gasteiger partial charge in [0.1, 0.15) is 11.6 Å². The van der Waals surface area contributed by atoms with Gasteiger partial charge in [0.2, 0.25) is 0 Å². The van der Waals surface area contributed by atoms with Crippen molar-refractivity contribution in [2.24, 2.45) is 0 Å². The van der Waals surface area contributed by atoms with Crippen molar-refractivity contribution in [3.05, 3.63) is 58.9 Å². The Hall–Kier alpha value is -2.36. The number of carbonyl (C=O) groups excluding carboxylic acids is 1. The molecule has 2 aromatic rings. The fourth-order valence-corrected chi connectivity index (χ4v) is 2.29. The Balaban J connectivity index is 1.84. The summed E-state index contributed by atoms with van der Waals surface area (Å²) in [4.78, 5) is 12.1. The molecule has 0 saturated carbocycles. The number of halogens is 1. The number of amides is 1. The molecule has 1 aliphatic heterocycles. The van der Waals surface area contributed by atoms with Gasteiger partial charge in [0, 0.05) is 12.1 Å². The van der Waals surface area contributed by atoms with Gasteiger partial charge in [0.25, 0.3) is 5.91 Å². The molecule has 20 heavy (non-hydrogen) atoms. The summed E-state index contributed by atoms with van der Waals surface area (Å²) in [6, 6.07) is 10.2. The molecule has 0 aliphatic carbocycles. The highest BCUT2D eigenvalue weighted by atomic mass is 19.1. The highest BCUT2D eigenvalue weighted by Gasteiger charge is 2.16. The fourth-order valence-electron chi connectivity index (χ4n) is 2.29. The van der Waals surface area contributed by atoms with Crippen LogP contribution in [0, 0.1) is 12.7 Å². The molecular formula is C16H14FNO2. The third kappa shape index (κ3) is 2.25. The van der Waals surface area contributed by atoms with Crippen molar-refractivity contribution in [2.45, 2.75) is 13.3 Å². The van der Waals surface area contributed by atoms with Gasteiger partial charge in [-0.25, -0.2) is 4.39 Å². The van der Waals surface area contributed by atoms with Gasteiger partial charge in [0.05, 0.1) is 12.2 Å². The first-order valence-corrected chi connectivity index (χ1v) is 6.47. The van der Waals surface area contributed by atoms with Gasteiger partial charge in [-0.15, -0.1) is 0 Å². The van der Waals surface area contributed by atoms with Crippen molar-refractivity contribution in [3.63, 3.8) is 0 Å². The van der Waals surface area contributed by atoms with Gasteiger partial charge in [-0.3, -0.25) is 4.79 Å². The number of benzene rings is 2. The molecule has 1 N–H and O–H groups in total. The second kappa shape index (κ2) is 4.96. The summed E-state index contributed by atoms with van der Waals surface area (Å²) < 4.78 is 19.3. The average Bonchev–Trinajstić information content (AvgIpc) is 2.89. The molecule has 0 saturated heterocycles. The van der Waals surface area contributed by atoms with Gasteiger partial charge in [-0.1, -0.05) is 12.1 Å². The summed E-state index contributed by atoms with van der Waals surface area (Å²) in [5.41, 5.74) is 2.23. The molecule has 0 aromatic heterocycles. The maximum atomic E-state index is 13.9. The quantitative estimate of drug-likeness (QED) is 0.910. The zero-order valence-electron chi connectivity index (χ0n) is 11.1. The van der Waals surface area contributed by atoms with E-state index >= 15 is 0 Å². The molecule has 3 rings (SSSR count). The SMILES string of the molecule is Cc1cccc(C(=O)Nc2ccc3c(c2)CCO3)c1F. The van der Waals surface area contributed by atoms with E-state index in [1.54, 1.807) is 25.1 Å². The number of nitrogens with one attached hydrogen (secondary N) is 1. The standard InChI is InChI=1S/C16H14FNO2/c1-10-3-2-4-13(15(10)17)16(19)18-12-5-6-14-11(9-12)7-8-20-14/h2-6,9H,7-8H2,1H3,(H,18,19). The van der Waals surface area contributed by atoms with Gasteiger partial charge in [0.15, 0.2) is 0 Å². The van der Waals surface area contributed by atoms with E-state index in [-0.39, 0.29) is 5.56 Å². The third-order valence-corrected chi connectivity index (χ3v) is 3.38. The summed E-state index contributed by atoms with van der Waals surface area (Å²) in [5, 5.41) is 2.72. The van der Waals surface area contributed by atoms with Crippen LogP contribution in [-0.2, 0) is 6.42 Å². The van der Waals surface area contributed by atoms with E-state index in [4.69, 9.17) is 4.74 Å². The number of hydrogen-bond acceptors (Lipinski definition) is 2. The van der Waals surface area contributed by atoms with E-state index < -0.39 is 11.7 Å². The number of anilines is 1. The van der Waals surface area contributed by atoms with E-state index in [1.807, 2.05) is 12.1 Å². The van der Waals surface area contributed by atoms with Crippen molar-refractivity contribution in [1.82, 2.24) is 0 Å². The first kappa shape index (κ1) is 12.7. The molecule has 3 nitrogen and oxygen atoms in total. The molecule has 4 heteroatoms. The van der Waals surface area contributed by atoms with E-state index in [0.717, 1.165) is 17.7 Å². The normalized spacial score (nSPS) is 12.7. The van der Waals surface area contributed by atoms with Crippen molar-refractivity contribution in [1.29, 1.82) is 0 Å². The Bertz CT molecular complexity index is 682. The molecule has 102 valence electrons. The maximum Gasteiger partial charge on any atom is 0.258 e. The predicted molar refractivity (Wildman–Crippen MR) is 74.7 cm³/mol. The number of carbonyl (C=O) groups is 1. The van der Waals surface area contributed by atoms with Crippen molar-refractivity contribution in [2.75, 3.05) is 11.9 Å². The summed E-state index contributed by atoms with van der Waals surface area (Å²) in [6.07, 6.45) is 0.831. The molecule has 2 aromatic carbocycles. The molecule has 0 bridgehead atoms. The fraction of sp³-hybridized carbons (Fsp3) is 0.188. The second-order valence-corrected chi connectivity index (χ2v) is 4.81. The lowest BCUT2D eigenvalue weighted by atomic mass is 10.1. The van der Waals surface area contributed by atoms with Crippen LogP contribution in [0.15, 0.2) is 36.4 Å². The zero-order chi connectivity index (χ0) is 14.1. The first-order chi connectivity index (χ1) is 9.65. The van der Waals surface area contributed by atoms with Crippen LogP contribution < -0.4 is 10.1 Å². The van der Waals surface area contributed by atoms with Gasteiger partial charge in [-0.05, 0) is 42.3 Å². The highest BCUT2D eigenvalue weighted by molar-refractivity contribution is 6.04. The lowest BCUT2D eigenvalue weighted by molar-refractivity contribution is 0.102. The third-order valence-electron chi connectivity index (χ3n) is 3.38. The highest BCUT2D eigenvalue weighted by Crippen LogP contribution is 2.28. The van der Waals surface area contributed by atoms with E-state index in [0.29, 0.717) is 17.9 Å². The Morgan fingerprint density at radius 1 is 1.30 bits per heavy atom. The van der Waals surface area contributed by atoms with E-state index in [9.17, 15) is 9.18 Å². The summed E-state index contributed by atoms with van der Waals surface area (Å²) in [7, 11) is 0. The molecule has 0 unspecified atom stereocenters. The monoisotopic (exact) mass is 271 g/mol. The topological polar surface area (TPSA) is 38.3 Å². The lowest BCUT2D eigenvalue weighted by Crippen LogP contribution is -2.14. The Morgan fingerprint density at radius 2 is 2.15 bits per heavy atom. The Kier molecular flexibility index (Phi) is 3.14. The van der Waals surface area contributed by atoms with Crippen LogP contribution >= 0.6 is 0 Å². The van der Waals surface area contributed by atoms with Crippen LogP contribution in [0.3, 0.4) is 0 Å². The van der Waals surface area contributed by atoms with Crippen LogP contribution in [0.5, 0.6) is 5.75 Å². The molecule has 1 heterocycles. The molecular weight excluding hydrogens is 257 g/mol. The Morgan fingerprint density at radius 3 is 3.00 bits per heavy atom. The van der Waals surface area contributed by atoms with Crippen LogP contribution in [0.4, 0.5) is 10.1 Å². The second-order valence-electron chi connectivity index (χ2n) is 4.81. The predicted octanol–water partition coefficient (Wildman–Crippen LogP) is 3.32. The van der Waals surface area contributed by atoms with E-state index in [2.05, 4.69) is 5.32 Å². The number of fused-ring (bicyclic) bond motifs is 1. The van der Waals surface area contributed by atoms with Crippen molar-refractivity contribution < 1.29 is 13.9 Å². The number of ether oxygens (including phenoxy) is 1. The van der Waals surface area contributed by atoms with E-state index in [1.165, 1.54) is 6.07 Å². The molecule has 0 fully saturated rings. The minimum atomic E-state index is -0.477. The maximum absolute atomic E-state index is 13.9. The van der Waals surface area contributed by atoms with Gasteiger partial charge >= 0.3 is 0 Å². The molecule has 1 aliphatic rings. The van der Waals surface area contributed by atoms with Crippen molar-refractivity contribution >= 4 is 11.6 Å². The molecule has 0 atom stereocenters. The van der Waals surface area contributed by atoms with Crippen LogP contribution in [0.2, 0.25) is 0 Å². The zero-order valence-corrected chi connectivity index (χ0v) is 11.1. The lowest BCUT2D eigenvalue weighted by Gasteiger charge is -2.08. The molecule has 1 amide bonds. The number of rotatable bonds is 2.